The molecule has 3 nitrogen and oxygen atoms in total. The van der Waals surface area contributed by atoms with Crippen molar-refractivity contribution < 1.29 is 9.18 Å². The highest BCUT2D eigenvalue weighted by Crippen LogP contribution is 2.41. The van der Waals surface area contributed by atoms with E-state index in [-0.39, 0.29) is 17.9 Å². The van der Waals surface area contributed by atoms with Crippen molar-refractivity contribution in [2.45, 2.75) is 39.0 Å². The highest BCUT2D eigenvalue weighted by Gasteiger charge is 2.39. The number of hydrogen-bond donors (Lipinski definition) is 2. The maximum Gasteiger partial charge on any atom is 0.230 e. The second kappa shape index (κ2) is 6.73. The van der Waals surface area contributed by atoms with Crippen LogP contribution >= 0.6 is 0 Å². The number of rotatable bonds is 3. The van der Waals surface area contributed by atoms with Gasteiger partial charge >= 0.3 is 0 Å². The summed E-state index contributed by atoms with van der Waals surface area (Å²) < 4.78 is 13.9. The number of carbonyl (C=O) groups is 1. The lowest BCUT2D eigenvalue weighted by Gasteiger charge is -2.26. The predicted molar refractivity (Wildman–Crippen MR) is 82.2 cm³/mol. The summed E-state index contributed by atoms with van der Waals surface area (Å²) in [5, 5.41) is 2.85. The molecule has 1 saturated carbocycles. The zero-order valence-electron chi connectivity index (χ0n) is 12.3. The zero-order valence-corrected chi connectivity index (χ0v) is 12.3. The molecular weight excluding hydrogens is 267 g/mol. The second-order valence-electron chi connectivity index (χ2n) is 5.50. The number of carbonyl (C=O) groups excluding carboxylic acids is 1. The van der Waals surface area contributed by atoms with Crippen LogP contribution in [0.3, 0.4) is 0 Å². The minimum atomic E-state index is -0.439. The van der Waals surface area contributed by atoms with Crippen LogP contribution in [-0.4, -0.2) is 12.5 Å². The van der Waals surface area contributed by atoms with Crippen LogP contribution in [0.1, 0.15) is 44.6 Å². The highest BCUT2D eigenvalue weighted by molar-refractivity contribution is 5.95. The van der Waals surface area contributed by atoms with Crippen LogP contribution in [0.25, 0.3) is 0 Å². The number of nitrogens with one attached hydrogen (secondary N) is 1. The molecule has 0 aromatic heterocycles. The monoisotopic (exact) mass is 288 g/mol. The third-order valence-corrected chi connectivity index (χ3v) is 4.27. The van der Waals surface area contributed by atoms with Gasteiger partial charge in [-0.15, -0.1) is 0 Å². The van der Waals surface area contributed by atoms with Crippen molar-refractivity contribution in [3.8, 4) is 11.8 Å². The molecule has 0 saturated heterocycles. The minimum absolute atomic E-state index is 0.00249. The summed E-state index contributed by atoms with van der Waals surface area (Å²) in [7, 11) is 0. The Bertz CT molecular complexity index is 580. The highest BCUT2D eigenvalue weighted by atomic mass is 19.1. The smallest absolute Gasteiger partial charge is 0.230 e. The SMILES string of the molecule is CCC1(C(=O)Nc2ccc(C#CCN)c(F)c2)CCCC1. The standard InChI is InChI=1S/C17H21FN2O/c1-2-17(9-3-4-10-17)16(21)20-14-8-7-13(6-5-11-19)15(18)12-14/h7-8,12H,2-4,9-11,19H2,1H3,(H,20,21). The lowest BCUT2D eigenvalue weighted by Crippen LogP contribution is -2.33. The van der Waals surface area contributed by atoms with Gasteiger partial charge in [0, 0.05) is 11.1 Å². The third kappa shape index (κ3) is 3.43. The van der Waals surface area contributed by atoms with E-state index >= 15 is 0 Å². The number of nitrogens with two attached hydrogens (primary N) is 1. The molecule has 1 aliphatic carbocycles. The van der Waals surface area contributed by atoms with Gasteiger partial charge in [0.15, 0.2) is 0 Å². The number of anilines is 1. The molecule has 21 heavy (non-hydrogen) atoms. The summed E-state index contributed by atoms with van der Waals surface area (Å²) in [4.78, 5) is 12.5. The van der Waals surface area contributed by atoms with Crippen LogP contribution in [0.4, 0.5) is 10.1 Å². The Morgan fingerprint density at radius 2 is 2.14 bits per heavy atom. The number of halogens is 1. The molecule has 1 amide bonds. The van der Waals surface area contributed by atoms with Crippen molar-refractivity contribution in [3.05, 3.63) is 29.6 Å². The Morgan fingerprint density at radius 1 is 1.43 bits per heavy atom. The Labute approximate surface area is 125 Å². The van der Waals surface area contributed by atoms with Gasteiger partial charge in [-0.3, -0.25) is 4.79 Å². The summed E-state index contributed by atoms with van der Waals surface area (Å²) in [5.74, 6) is 4.84. The van der Waals surface area contributed by atoms with Gasteiger partial charge in [0.1, 0.15) is 5.82 Å². The van der Waals surface area contributed by atoms with E-state index in [0.29, 0.717) is 11.3 Å². The van der Waals surface area contributed by atoms with Crippen LogP contribution in [-0.2, 0) is 4.79 Å². The molecule has 0 unspecified atom stereocenters. The van der Waals surface area contributed by atoms with Crippen molar-refractivity contribution in [2.75, 3.05) is 11.9 Å². The van der Waals surface area contributed by atoms with E-state index in [2.05, 4.69) is 17.2 Å². The summed E-state index contributed by atoms with van der Waals surface area (Å²) in [6.45, 7) is 2.23. The van der Waals surface area contributed by atoms with E-state index in [0.717, 1.165) is 32.1 Å². The number of amides is 1. The van der Waals surface area contributed by atoms with Gasteiger partial charge in [-0.25, -0.2) is 4.39 Å². The van der Waals surface area contributed by atoms with Gasteiger partial charge in [0.25, 0.3) is 0 Å². The van der Waals surface area contributed by atoms with Crippen LogP contribution in [0.15, 0.2) is 18.2 Å². The van der Waals surface area contributed by atoms with E-state index in [1.165, 1.54) is 6.07 Å². The summed E-state index contributed by atoms with van der Waals surface area (Å²) in [5.41, 5.74) is 5.76. The van der Waals surface area contributed by atoms with Crippen LogP contribution in [0.5, 0.6) is 0 Å². The quantitative estimate of drug-likeness (QED) is 0.840. The molecule has 4 heteroatoms. The molecule has 0 aliphatic heterocycles. The lowest BCUT2D eigenvalue weighted by atomic mass is 9.82. The molecular formula is C17H21FN2O. The molecule has 3 N–H and O–H groups in total. The summed E-state index contributed by atoms with van der Waals surface area (Å²) in [6, 6.07) is 4.57. The maximum absolute atomic E-state index is 13.9. The van der Waals surface area contributed by atoms with Gasteiger partial charge < -0.3 is 11.1 Å². The average molecular weight is 288 g/mol. The van der Waals surface area contributed by atoms with Crippen molar-refractivity contribution >= 4 is 11.6 Å². The minimum Gasteiger partial charge on any atom is -0.326 e. The normalized spacial score (nSPS) is 16.1. The first-order valence-corrected chi connectivity index (χ1v) is 7.41. The molecule has 1 aromatic rings. The first-order chi connectivity index (χ1) is 10.1. The van der Waals surface area contributed by atoms with Crippen molar-refractivity contribution in [2.24, 2.45) is 11.1 Å². The van der Waals surface area contributed by atoms with Gasteiger partial charge in [-0.05, 0) is 37.5 Å². The average Bonchev–Trinajstić information content (AvgIpc) is 2.96. The first kappa shape index (κ1) is 15.5. The zero-order chi connectivity index (χ0) is 15.3. The number of benzene rings is 1. The Kier molecular flexibility index (Phi) is 4.98. The van der Waals surface area contributed by atoms with Gasteiger partial charge in [0.05, 0.1) is 12.1 Å². The fraction of sp³-hybridized carbons (Fsp3) is 0.471. The van der Waals surface area contributed by atoms with Crippen LogP contribution in [0, 0.1) is 23.1 Å². The molecule has 0 radical (unpaired) electrons. The summed E-state index contributed by atoms with van der Waals surface area (Å²) >= 11 is 0. The van der Waals surface area contributed by atoms with E-state index < -0.39 is 5.82 Å². The molecule has 0 heterocycles. The van der Waals surface area contributed by atoms with Crippen LogP contribution < -0.4 is 11.1 Å². The van der Waals surface area contributed by atoms with Crippen LogP contribution in [0.2, 0.25) is 0 Å². The Morgan fingerprint density at radius 3 is 2.71 bits per heavy atom. The second-order valence-corrected chi connectivity index (χ2v) is 5.50. The molecule has 1 aromatic carbocycles. The van der Waals surface area contributed by atoms with E-state index in [4.69, 9.17) is 5.73 Å². The van der Waals surface area contributed by atoms with Gasteiger partial charge in [0.2, 0.25) is 5.91 Å². The molecule has 1 fully saturated rings. The van der Waals surface area contributed by atoms with E-state index in [9.17, 15) is 9.18 Å². The fourth-order valence-corrected chi connectivity index (χ4v) is 2.90. The topological polar surface area (TPSA) is 55.1 Å². The largest absolute Gasteiger partial charge is 0.326 e. The molecule has 1 aliphatic rings. The Hall–Kier alpha value is -1.86. The lowest BCUT2D eigenvalue weighted by molar-refractivity contribution is -0.125. The molecule has 112 valence electrons. The molecule has 0 spiro atoms. The fourth-order valence-electron chi connectivity index (χ4n) is 2.90. The van der Waals surface area contributed by atoms with Gasteiger partial charge in [-0.2, -0.15) is 0 Å². The van der Waals surface area contributed by atoms with Crippen molar-refractivity contribution in [3.63, 3.8) is 0 Å². The predicted octanol–water partition coefficient (Wildman–Crippen LogP) is 3.04. The van der Waals surface area contributed by atoms with Crippen molar-refractivity contribution in [1.29, 1.82) is 0 Å². The van der Waals surface area contributed by atoms with E-state index in [1.54, 1.807) is 12.1 Å². The van der Waals surface area contributed by atoms with Gasteiger partial charge in [-0.1, -0.05) is 31.6 Å². The van der Waals surface area contributed by atoms with E-state index in [1.807, 2.05) is 6.92 Å². The van der Waals surface area contributed by atoms with Crippen molar-refractivity contribution in [1.82, 2.24) is 0 Å². The Balaban J connectivity index is 2.13. The first-order valence-electron chi connectivity index (χ1n) is 7.41. The number of hydrogen-bond acceptors (Lipinski definition) is 2. The maximum atomic E-state index is 13.9. The molecule has 0 bridgehead atoms. The third-order valence-electron chi connectivity index (χ3n) is 4.27. The molecule has 0 atom stereocenters. The summed E-state index contributed by atoms with van der Waals surface area (Å²) in [6.07, 6.45) is 4.82. The molecule has 2 rings (SSSR count).